The zero-order chi connectivity index (χ0) is 11.4. The topological polar surface area (TPSA) is 52.6 Å². The summed E-state index contributed by atoms with van der Waals surface area (Å²) in [5, 5.41) is 12.2. The van der Waals surface area contributed by atoms with E-state index in [2.05, 4.69) is 5.32 Å². The Hall–Kier alpha value is -1.55. The van der Waals surface area contributed by atoms with Crippen LogP contribution in [-0.4, -0.2) is 35.7 Å². The highest BCUT2D eigenvalue weighted by Crippen LogP contribution is 2.21. The van der Waals surface area contributed by atoms with Crippen LogP contribution in [0.15, 0.2) is 30.3 Å². The number of urea groups is 1. The minimum atomic E-state index is -0.235. The Kier molecular flexibility index (Phi) is 3.41. The summed E-state index contributed by atoms with van der Waals surface area (Å²) in [5.41, 5.74) is 0.974. The van der Waals surface area contributed by atoms with E-state index in [-0.39, 0.29) is 18.7 Å². The van der Waals surface area contributed by atoms with E-state index in [4.69, 9.17) is 0 Å². The van der Waals surface area contributed by atoms with E-state index in [1.807, 2.05) is 30.3 Å². The van der Waals surface area contributed by atoms with Crippen molar-refractivity contribution < 1.29 is 9.90 Å². The van der Waals surface area contributed by atoms with E-state index >= 15 is 0 Å². The fraction of sp³-hybridized carbons (Fsp3) is 0.417. The molecule has 1 aliphatic heterocycles. The van der Waals surface area contributed by atoms with Crippen molar-refractivity contribution in [3.63, 3.8) is 0 Å². The third kappa shape index (κ3) is 2.17. The predicted molar refractivity (Wildman–Crippen MR) is 61.0 cm³/mol. The summed E-state index contributed by atoms with van der Waals surface area (Å²) in [7, 11) is 0. The molecule has 0 radical (unpaired) electrons. The van der Waals surface area contributed by atoms with Crippen molar-refractivity contribution in [2.45, 2.75) is 12.5 Å². The van der Waals surface area contributed by atoms with Gasteiger partial charge in [-0.15, -0.1) is 0 Å². The summed E-state index contributed by atoms with van der Waals surface area (Å²) in [6.07, 6.45) is 0.926. The Bertz CT molecular complexity index is 353. The molecule has 0 spiro atoms. The highest BCUT2D eigenvalue weighted by molar-refractivity contribution is 5.75. The van der Waals surface area contributed by atoms with Crippen molar-refractivity contribution in [3.05, 3.63) is 35.9 Å². The summed E-state index contributed by atoms with van der Waals surface area (Å²) in [6.45, 7) is 1.38. The maximum absolute atomic E-state index is 11.7. The number of hydrogen-bond acceptors (Lipinski definition) is 2. The van der Waals surface area contributed by atoms with Gasteiger partial charge in [-0.1, -0.05) is 30.3 Å². The molecular weight excluding hydrogens is 204 g/mol. The molecule has 2 amide bonds. The lowest BCUT2D eigenvalue weighted by Gasteiger charge is -2.34. The molecule has 1 aromatic carbocycles. The van der Waals surface area contributed by atoms with Crippen molar-refractivity contribution in [2.75, 3.05) is 19.7 Å². The monoisotopic (exact) mass is 220 g/mol. The third-order valence-electron chi connectivity index (χ3n) is 2.85. The van der Waals surface area contributed by atoms with Gasteiger partial charge >= 0.3 is 6.03 Å². The van der Waals surface area contributed by atoms with E-state index in [0.717, 1.165) is 18.5 Å². The molecule has 4 heteroatoms. The maximum Gasteiger partial charge on any atom is 0.317 e. The van der Waals surface area contributed by atoms with Gasteiger partial charge in [0.1, 0.15) is 0 Å². The van der Waals surface area contributed by atoms with E-state index < -0.39 is 0 Å². The van der Waals surface area contributed by atoms with Crippen LogP contribution >= 0.6 is 0 Å². The number of hydrogen-bond donors (Lipinski definition) is 2. The van der Waals surface area contributed by atoms with E-state index in [1.54, 1.807) is 4.90 Å². The molecule has 0 saturated carbocycles. The Morgan fingerprint density at radius 1 is 1.38 bits per heavy atom. The molecule has 2 N–H and O–H groups in total. The van der Waals surface area contributed by atoms with Crippen molar-refractivity contribution in [1.82, 2.24) is 10.2 Å². The number of rotatable bonds is 3. The highest BCUT2D eigenvalue weighted by atomic mass is 16.3. The van der Waals surface area contributed by atoms with Gasteiger partial charge in [0.25, 0.3) is 0 Å². The number of nitrogens with one attached hydrogen (secondary N) is 1. The van der Waals surface area contributed by atoms with Gasteiger partial charge in [-0.3, -0.25) is 0 Å². The van der Waals surface area contributed by atoms with Crippen LogP contribution in [0.25, 0.3) is 0 Å². The number of benzene rings is 1. The maximum atomic E-state index is 11.7. The van der Waals surface area contributed by atoms with Gasteiger partial charge in [-0.05, 0) is 12.0 Å². The van der Waals surface area contributed by atoms with Crippen LogP contribution in [0.5, 0.6) is 0 Å². The molecule has 4 nitrogen and oxygen atoms in total. The van der Waals surface area contributed by atoms with Crippen LogP contribution in [0, 0.1) is 0 Å². The van der Waals surface area contributed by atoms with Gasteiger partial charge in [-0.25, -0.2) is 4.79 Å². The molecule has 1 aromatic rings. The minimum Gasteiger partial charge on any atom is -0.394 e. The Labute approximate surface area is 94.9 Å². The molecule has 1 atom stereocenters. The lowest BCUT2D eigenvalue weighted by Crippen LogP contribution is -2.48. The Morgan fingerprint density at radius 3 is 2.75 bits per heavy atom. The van der Waals surface area contributed by atoms with Crippen molar-refractivity contribution >= 4 is 6.03 Å². The predicted octanol–water partition coefficient (Wildman–Crippen LogP) is 1.14. The van der Waals surface area contributed by atoms with Crippen molar-refractivity contribution in [2.24, 2.45) is 0 Å². The number of aliphatic hydroxyl groups is 1. The second-order valence-corrected chi connectivity index (χ2v) is 3.89. The zero-order valence-electron chi connectivity index (χ0n) is 9.10. The van der Waals surface area contributed by atoms with Crippen molar-refractivity contribution in [1.29, 1.82) is 0 Å². The molecule has 1 fully saturated rings. The lowest BCUT2D eigenvalue weighted by molar-refractivity contribution is 0.123. The third-order valence-corrected chi connectivity index (χ3v) is 2.85. The molecule has 86 valence electrons. The smallest absolute Gasteiger partial charge is 0.317 e. The number of nitrogens with zero attached hydrogens (tertiary/aromatic N) is 1. The fourth-order valence-electron chi connectivity index (χ4n) is 2.00. The summed E-state index contributed by atoms with van der Waals surface area (Å²) in [6, 6.07) is 9.30. The first-order valence-electron chi connectivity index (χ1n) is 5.53. The van der Waals surface area contributed by atoms with Gasteiger partial charge in [0.2, 0.25) is 0 Å². The zero-order valence-corrected chi connectivity index (χ0v) is 9.10. The number of amides is 2. The van der Waals surface area contributed by atoms with Crippen molar-refractivity contribution in [3.8, 4) is 0 Å². The summed E-state index contributed by atoms with van der Waals surface area (Å²) in [4.78, 5) is 13.4. The van der Waals surface area contributed by atoms with Crippen LogP contribution in [0.3, 0.4) is 0 Å². The first-order valence-corrected chi connectivity index (χ1v) is 5.53. The van der Waals surface area contributed by atoms with Crippen LogP contribution < -0.4 is 5.32 Å². The molecule has 1 saturated heterocycles. The van der Waals surface area contributed by atoms with Gasteiger partial charge in [0.05, 0.1) is 12.6 Å². The van der Waals surface area contributed by atoms with Gasteiger partial charge < -0.3 is 15.3 Å². The molecule has 0 aromatic heterocycles. The lowest BCUT2D eigenvalue weighted by atomic mass is 10.1. The summed E-state index contributed by atoms with van der Waals surface area (Å²) >= 11 is 0. The Morgan fingerprint density at radius 2 is 2.12 bits per heavy atom. The number of aliphatic hydroxyl groups excluding tert-OH is 1. The highest BCUT2D eigenvalue weighted by Gasteiger charge is 2.26. The molecule has 0 unspecified atom stereocenters. The van der Waals surface area contributed by atoms with Gasteiger partial charge in [0.15, 0.2) is 0 Å². The van der Waals surface area contributed by atoms with Crippen LogP contribution in [-0.2, 0) is 0 Å². The van der Waals surface area contributed by atoms with E-state index in [0.29, 0.717) is 6.54 Å². The second kappa shape index (κ2) is 4.99. The van der Waals surface area contributed by atoms with Crippen LogP contribution in [0.1, 0.15) is 18.0 Å². The molecular formula is C12H16N2O2. The minimum absolute atomic E-state index is 0.0442. The fourth-order valence-corrected chi connectivity index (χ4v) is 2.00. The van der Waals surface area contributed by atoms with E-state index in [9.17, 15) is 9.90 Å². The number of carbonyl (C=O) groups excluding carboxylic acids is 1. The average molecular weight is 220 g/mol. The van der Waals surface area contributed by atoms with Crippen LogP contribution in [0.2, 0.25) is 0 Å². The SMILES string of the molecule is O=C1NCCCN1[C@H](CO)c1ccccc1. The first-order chi connectivity index (χ1) is 7.83. The van der Waals surface area contributed by atoms with Gasteiger partial charge in [0, 0.05) is 13.1 Å². The standard InChI is InChI=1S/C12H16N2O2/c15-9-11(10-5-2-1-3-6-10)14-8-4-7-13-12(14)16/h1-3,5-6,11,15H,4,7-9H2,(H,13,16)/t11-/m1/s1. The summed E-state index contributed by atoms with van der Waals surface area (Å²) < 4.78 is 0. The summed E-state index contributed by atoms with van der Waals surface area (Å²) in [5.74, 6) is 0. The van der Waals surface area contributed by atoms with Crippen LogP contribution in [0.4, 0.5) is 4.79 Å². The van der Waals surface area contributed by atoms with E-state index in [1.165, 1.54) is 0 Å². The molecule has 2 rings (SSSR count). The first kappa shape index (κ1) is 11.0. The average Bonchev–Trinajstić information content (AvgIpc) is 2.34. The quantitative estimate of drug-likeness (QED) is 0.802. The largest absolute Gasteiger partial charge is 0.394 e. The molecule has 0 bridgehead atoms. The number of carbonyl (C=O) groups is 1. The molecule has 1 heterocycles. The van der Waals surface area contributed by atoms with Gasteiger partial charge in [-0.2, -0.15) is 0 Å². The molecule has 16 heavy (non-hydrogen) atoms. The molecule has 0 aliphatic carbocycles. The second-order valence-electron chi connectivity index (χ2n) is 3.89. The Balaban J connectivity index is 2.18. The molecule has 1 aliphatic rings. The normalized spacial score (nSPS) is 18.1.